The lowest BCUT2D eigenvalue weighted by molar-refractivity contribution is 0.0622. The number of carbonyl (C=O) groups excluding carboxylic acids is 1. The van der Waals surface area contributed by atoms with Gasteiger partial charge in [0.2, 0.25) is 0 Å². The summed E-state index contributed by atoms with van der Waals surface area (Å²) in [6, 6.07) is 4.24. The van der Waals surface area contributed by atoms with Gasteiger partial charge >= 0.3 is 0 Å². The number of halogens is 3. The van der Waals surface area contributed by atoms with E-state index in [0.29, 0.717) is 16.6 Å². The van der Waals surface area contributed by atoms with E-state index in [1.54, 1.807) is 0 Å². The Morgan fingerprint density at radius 3 is 2.84 bits per heavy atom. The number of hydrogen-bond acceptors (Lipinski definition) is 2. The molecule has 106 valence electrons. The second kappa shape index (κ2) is 7.22. The second-order valence-electron chi connectivity index (χ2n) is 4.51. The van der Waals surface area contributed by atoms with Gasteiger partial charge in [0, 0.05) is 23.6 Å². The van der Waals surface area contributed by atoms with Crippen LogP contribution in [0.2, 0.25) is 0 Å². The number of nitrogens with zero attached hydrogens (tertiary/aromatic N) is 1. The molecule has 1 heterocycles. The molecule has 0 saturated carbocycles. The van der Waals surface area contributed by atoms with Gasteiger partial charge in [-0.3, -0.25) is 4.79 Å². The van der Waals surface area contributed by atoms with Crippen LogP contribution < -0.4 is 5.73 Å². The standard InChI is InChI=1S/C13H16BrFN2O.ClH/c14-12-7-9(15)4-5-11(12)13(18)17-6-2-1-3-10(17)8-16;/h4-5,7,10H,1-3,6,8,16H2;1H. The van der Waals surface area contributed by atoms with Crippen molar-refractivity contribution >= 4 is 34.2 Å². The monoisotopic (exact) mass is 350 g/mol. The topological polar surface area (TPSA) is 46.3 Å². The molecule has 0 spiro atoms. The molecule has 3 nitrogen and oxygen atoms in total. The lowest BCUT2D eigenvalue weighted by Crippen LogP contribution is -2.47. The molecule has 1 fully saturated rings. The first-order valence-corrected chi connectivity index (χ1v) is 6.89. The summed E-state index contributed by atoms with van der Waals surface area (Å²) in [7, 11) is 0. The Hall–Kier alpha value is -0.650. The van der Waals surface area contributed by atoms with Crippen LogP contribution in [0.4, 0.5) is 4.39 Å². The smallest absolute Gasteiger partial charge is 0.255 e. The van der Waals surface area contributed by atoms with E-state index in [9.17, 15) is 9.18 Å². The Morgan fingerprint density at radius 2 is 2.21 bits per heavy atom. The number of rotatable bonds is 2. The molecule has 1 aliphatic heterocycles. The normalized spacial score (nSPS) is 18.9. The summed E-state index contributed by atoms with van der Waals surface area (Å²) in [5, 5.41) is 0. The zero-order chi connectivity index (χ0) is 13.1. The SMILES string of the molecule is Cl.NCC1CCCCN1C(=O)c1ccc(F)cc1Br. The quantitative estimate of drug-likeness (QED) is 0.890. The van der Waals surface area contributed by atoms with Crippen LogP contribution in [0, 0.1) is 5.82 Å². The summed E-state index contributed by atoms with van der Waals surface area (Å²) < 4.78 is 13.5. The van der Waals surface area contributed by atoms with Gasteiger partial charge in [-0.15, -0.1) is 12.4 Å². The van der Waals surface area contributed by atoms with Crippen molar-refractivity contribution in [2.24, 2.45) is 5.73 Å². The molecule has 1 atom stereocenters. The summed E-state index contributed by atoms with van der Waals surface area (Å²) >= 11 is 3.24. The third kappa shape index (κ3) is 3.68. The Labute approximate surface area is 126 Å². The van der Waals surface area contributed by atoms with Crippen molar-refractivity contribution in [3.8, 4) is 0 Å². The van der Waals surface area contributed by atoms with Gasteiger partial charge in [-0.1, -0.05) is 0 Å². The number of nitrogens with two attached hydrogens (primary N) is 1. The van der Waals surface area contributed by atoms with Gasteiger partial charge in [0.05, 0.1) is 5.56 Å². The summed E-state index contributed by atoms with van der Waals surface area (Å²) in [4.78, 5) is 14.2. The molecule has 0 aliphatic carbocycles. The predicted octanol–water partition coefficient (Wildman–Crippen LogP) is 2.96. The van der Waals surface area contributed by atoms with E-state index in [2.05, 4.69) is 15.9 Å². The van der Waals surface area contributed by atoms with Gasteiger partial charge in [-0.25, -0.2) is 4.39 Å². The van der Waals surface area contributed by atoms with E-state index in [-0.39, 0.29) is 30.2 Å². The first-order chi connectivity index (χ1) is 8.63. The number of amides is 1. The van der Waals surface area contributed by atoms with E-state index in [1.165, 1.54) is 18.2 Å². The van der Waals surface area contributed by atoms with Crippen molar-refractivity contribution in [1.29, 1.82) is 0 Å². The summed E-state index contributed by atoms with van der Waals surface area (Å²) in [5.74, 6) is -0.426. The van der Waals surface area contributed by atoms with Crippen LogP contribution in [0.25, 0.3) is 0 Å². The highest BCUT2D eigenvalue weighted by Crippen LogP contribution is 2.24. The van der Waals surface area contributed by atoms with Gasteiger partial charge in [0.25, 0.3) is 5.91 Å². The van der Waals surface area contributed by atoms with Crippen molar-refractivity contribution in [3.63, 3.8) is 0 Å². The zero-order valence-electron chi connectivity index (χ0n) is 10.4. The van der Waals surface area contributed by atoms with Gasteiger partial charge in [0.1, 0.15) is 5.82 Å². The Kier molecular flexibility index (Phi) is 6.23. The van der Waals surface area contributed by atoms with E-state index < -0.39 is 0 Å². The summed E-state index contributed by atoms with van der Waals surface area (Å²) in [6.07, 6.45) is 3.05. The molecular weight excluding hydrogens is 335 g/mol. The van der Waals surface area contributed by atoms with Crippen LogP contribution in [0.5, 0.6) is 0 Å². The number of benzene rings is 1. The van der Waals surface area contributed by atoms with E-state index in [4.69, 9.17) is 5.73 Å². The summed E-state index contributed by atoms with van der Waals surface area (Å²) in [6.45, 7) is 1.20. The molecule has 1 amide bonds. The fourth-order valence-corrected chi connectivity index (χ4v) is 2.85. The molecule has 6 heteroatoms. The highest BCUT2D eigenvalue weighted by atomic mass is 79.9. The average molecular weight is 352 g/mol. The first-order valence-electron chi connectivity index (χ1n) is 6.09. The molecule has 2 N–H and O–H groups in total. The van der Waals surface area contributed by atoms with Crippen LogP contribution in [-0.4, -0.2) is 29.9 Å². The molecule has 0 bridgehead atoms. The largest absolute Gasteiger partial charge is 0.334 e. The maximum absolute atomic E-state index is 13.0. The Morgan fingerprint density at radius 1 is 1.47 bits per heavy atom. The number of hydrogen-bond donors (Lipinski definition) is 1. The van der Waals surface area contributed by atoms with Crippen LogP contribution in [-0.2, 0) is 0 Å². The van der Waals surface area contributed by atoms with Crippen molar-refractivity contribution in [2.75, 3.05) is 13.1 Å². The minimum absolute atomic E-state index is 0. The molecule has 1 aliphatic rings. The predicted molar refractivity (Wildman–Crippen MR) is 79.1 cm³/mol. The van der Waals surface area contributed by atoms with Crippen LogP contribution in [0.1, 0.15) is 29.6 Å². The molecule has 1 saturated heterocycles. The fourth-order valence-electron chi connectivity index (χ4n) is 2.33. The van der Waals surface area contributed by atoms with E-state index in [1.807, 2.05) is 4.90 Å². The highest BCUT2D eigenvalue weighted by Gasteiger charge is 2.27. The van der Waals surface area contributed by atoms with Gasteiger partial charge in [-0.2, -0.15) is 0 Å². The van der Waals surface area contributed by atoms with Gasteiger partial charge in [0.15, 0.2) is 0 Å². The maximum atomic E-state index is 13.0. The number of piperidine rings is 1. The Bertz CT molecular complexity index is 458. The van der Waals surface area contributed by atoms with Crippen molar-refractivity contribution in [1.82, 2.24) is 4.90 Å². The lowest BCUT2D eigenvalue weighted by Gasteiger charge is -2.35. The fraction of sp³-hybridized carbons (Fsp3) is 0.462. The molecule has 19 heavy (non-hydrogen) atoms. The first kappa shape index (κ1) is 16.4. The van der Waals surface area contributed by atoms with Crippen LogP contribution in [0.15, 0.2) is 22.7 Å². The highest BCUT2D eigenvalue weighted by molar-refractivity contribution is 9.10. The number of carbonyl (C=O) groups is 1. The van der Waals surface area contributed by atoms with Gasteiger partial charge < -0.3 is 10.6 Å². The summed E-state index contributed by atoms with van der Waals surface area (Å²) in [5.41, 5.74) is 6.20. The van der Waals surface area contributed by atoms with Crippen molar-refractivity contribution in [2.45, 2.75) is 25.3 Å². The van der Waals surface area contributed by atoms with E-state index >= 15 is 0 Å². The number of likely N-dealkylation sites (tertiary alicyclic amines) is 1. The molecule has 1 aromatic carbocycles. The second-order valence-corrected chi connectivity index (χ2v) is 5.36. The minimum atomic E-state index is -0.354. The molecule has 2 rings (SSSR count). The van der Waals surface area contributed by atoms with Crippen LogP contribution >= 0.6 is 28.3 Å². The van der Waals surface area contributed by atoms with Gasteiger partial charge in [-0.05, 0) is 53.4 Å². The molecule has 1 unspecified atom stereocenters. The molecule has 0 aromatic heterocycles. The third-order valence-electron chi connectivity index (χ3n) is 3.32. The average Bonchev–Trinajstić information content (AvgIpc) is 2.38. The molecular formula is C13H17BrClFN2O. The zero-order valence-corrected chi connectivity index (χ0v) is 12.8. The third-order valence-corrected chi connectivity index (χ3v) is 3.98. The Balaban J connectivity index is 0.00000180. The van der Waals surface area contributed by atoms with E-state index in [0.717, 1.165) is 25.8 Å². The van der Waals surface area contributed by atoms with Crippen molar-refractivity contribution < 1.29 is 9.18 Å². The molecule has 1 aromatic rings. The lowest BCUT2D eigenvalue weighted by atomic mass is 10.0. The molecule has 0 radical (unpaired) electrons. The van der Waals surface area contributed by atoms with Crippen molar-refractivity contribution in [3.05, 3.63) is 34.1 Å². The maximum Gasteiger partial charge on any atom is 0.255 e. The minimum Gasteiger partial charge on any atom is -0.334 e. The van der Waals surface area contributed by atoms with Crippen LogP contribution in [0.3, 0.4) is 0 Å².